The van der Waals surface area contributed by atoms with Crippen molar-refractivity contribution in [2.24, 2.45) is 0 Å². The van der Waals surface area contributed by atoms with E-state index in [0.29, 0.717) is 18.1 Å². The minimum absolute atomic E-state index is 0.385. The van der Waals surface area contributed by atoms with Crippen LogP contribution in [0, 0.1) is 0 Å². The SMILES string of the molecule is CC1CC(N[C@H](C)c2ccc(Cl)cc2)CN1C. The molecule has 0 saturated carbocycles. The van der Waals surface area contributed by atoms with Crippen LogP contribution in [0.15, 0.2) is 24.3 Å². The van der Waals surface area contributed by atoms with Gasteiger partial charge in [0.05, 0.1) is 0 Å². The van der Waals surface area contributed by atoms with Gasteiger partial charge in [-0.3, -0.25) is 0 Å². The van der Waals surface area contributed by atoms with Crippen molar-refractivity contribution < 1.29 is 0 Å². The van der Waals surface area contributed by atoms with E-state index >= 15 is 0 Å². The molecule has 0 spiro atoms. The topological polar surface area (TPSA) is 15.3 Å². The summed E-state index contributed by atoms with van der Waals surface area (Å²) in [6, 6.07) is 9.78. The predicted molar refractivity (Wildman–Crippen MR) is 73.5 cm³/mol. The van der Waals surface area contributed by atoms with Gasteiger partial charge in [-0.25, -0.2) is 0 Å². The molecule has 3 heteroatoms. The maximum absolute atomic E-state index is 5.90. The maximum atomic E-state index is 5.90. The molecule has 3 atom stereocenters. The molecule has 94 valence electrons. The lowest BCUT2D eigenvalue weighted by Crippen LogP contribution is -2.33. The van der Waals surface area contributed by atoms with Gasteiger partial charge in [-0.05, 0) is 45.0 Å². The zero-order valence-electron chi connectivity index (χ0n) is 10.8. The van der Waals surface area contributed by atoms with Crippen LogP contribution in [-0.4, -0.2) is 30.6 Å². The average Bonchev–Trinajstić information content (AvgIpc) is 2.58. The van der Waals surface area contributed by atoms with Crippen molar-refractivity contribution in [3.8, 4) is 0 Å². The van der Waals surface area contributed by atoms with Crippen molar-refractivity contribution in [3.05, 3.63) is 34.9 Å². The highest BCUT2D eigenvalue weighted by atomic mass is 35.5. The van der Waals surface area contributed by atoms with Crippen LogP contribution in [0.3, 0.4) is 0 Å². The van der Waals surface area contributed by atoms with Crippen molar-refractivity contribution in [1.29, 1.82) is 0 Å². The van der Waals surface area contributed by atoms with Crippen molar-refractivity contribution in [2.75, 3.05) is 13.6 Å². The second kappa shape index (κ2) is 5.38. The van der Waals surface area contributed by atoms with Crippen LogP contribution in [0.25, 0.3) is 0 Å². The summed E-state index contributed by atoms with van der Waals surface area (Å²) in [5.41, 5.74) is 1.30. The van der Waals surface area contributed by atoms with Gasteiger partial charge in [-0.2, -0.15) is 0 Å². The van der Waals surface area contributed by atoms with Crippen LogP contribution in [0.1, 0.15) is 31.9 Å². The molecule has 1 N–H and O–H groups in total. The van der Waals surface area contributed by atoms with Crippen molar-refractivity contribution in [3.63, 3.8) is 0 Å². The van der Waals surface area contributed by atoms with Crippen LogP contribution in [0.2, 0.25) is 5.02 Å². The molecule has 0 aromatic heterocycles. The highest BCUT2D eigenvalue weighted by molar-refractivity contribution is 6.30. The van der Waals surface area contributed by atoms with Gasteiger partial charge in [0, 0.05) is 29.7 Å². The molecule has 1 aliphatic rings. The standard InChI is InChI=1S/C14H21ClN2/c1-10-8-14(9-17(10)3)16-11(2)12-4-6-13(15)7-5-12/h4-7,10-11,14,16H,8-9H2,1-3H3/t10?,11-,14?/m1/s1. The summed E-state index contributed by atoms with van der Waals surface area (Å²) >= 11 is 5.90. The summed E-state index contributed by atoms with van der Waals surface area (Å²) in [5, 5.41) is 4.49. The lowest BCUT2D eigenvalue weighted by molar-refractivity contribution is 0.325. The lowest BCUT2D eigenvalue weighted by Gasteiger charge is -2.19. The molecule has 17 heavy (non-hydrogen) atoms. The fraction of sp³-hybridized carbons (Fsp3) is 0.571. The zero-order valence-corrected chi connectivity index (χ0v) is 11.5. The Bertz CT molecular complexity index is 353. The summed E-state index contributed by atoms with van der Waals surface area (Å²) in [6.07, 6.45) is 1.23. The molecule has 0 bridgehead atoms. The molecular formula is C14H21ClN2. The third-order valence-corrected chi connectivity index (χ3v) is 3.99. The van der Waals surface area contributed by atoms with Gasteiger partial charge < -0.3 is 10.2 Å². The molecule has 1 heterocycles. The number of hydrogen-bond acceptors (Lipinski definition) is 2. The fourth-order valence-electron chi connectivity index (χ4n) is 2.52. The number of nitrogens with zero attached hydrogens (tertiary/aromatic N) is 1. The molecule has 2 rings (SSSR count). The molecule has 0 amide bonds. The maximum Gasteiger partial charge on any atom is 0.0406 e. The summed E-state index contributed by atoms with van der Waals surface area (Å²) in [4.78, 5) is 2.41. The van der Waals surface area contributed by atoms with Gasteiger partial charge in [0.25, 0.3) is 0 Å². The molecule has 1 aliphatic heterocycles. The second-order valence-corrected chi connectivity index (χ2v) is 5.60. The Morgan fingerprint density at radius 2 is 2.00 bits per heavy atom. The van der Waals surface area contributed by atoms with Gasteiger partial charge in [-0.1, -0.05) is 23.7 Å². The van der Waals surface area contributed by atoms with Gasteiger partial charge >= 0.3 is 0 Å². The molecular weight excluding hydrogens is 232 g/mol. The molecule has 1 saturated heterocycles. The van der Waals surface area contributed by atoms with E-state index in [1.807, 2.05) is 12.1 Å². The fourth-order valence-corrected chi connectivity index (χ4v) is 2.64. The highest BCUT2D eigenvalue weighted by Crippen LogP contribution is 2.20. The number of rotatable bonds is 3. The smallest absolute Gasteiger partial charge is 0.0406 e. The van der Waals surface area contributed by atoms with Gasteiger partial charge in [0.15, 0.2) is 0 Å². The van der Waals surface area contributed by atoms with E-state index in [1.165, 1.54) is 12.0 Å². The van der Waals surface area contributed by atoms with Gasteiger partial charge in [0.1, 0.15) is 0 Å². The molecule has 0 radical (unpaired) electrons. The number of likely N-dealkylation sites (tertiary alicyclic amines) is 1. The van der Waals surface area contributed by atoms with E-state index in [0.717, 1.165) is 11.6 Å². The van der Waals surface area contributed by atoms with Crippen LogP contribution in [0.4, 0.5) is 0 Å². The first-order valence-electron chi connectivity index (χ1n) is 6.28. The third-order valence-electron chi connectivity index (χ3n) is 3.74. The van der Waals surface area contributed by atoms with E-state index in [2.05, 4.69) is 43.2 Å². The first kappa shape index (κ1) is 12.9. The van der Waals surface area contributed by atoms with Crippen LogP contribution in [0.5, 0.6) is 0 Å². The van der Waals surface area contributed by atoms with E-state index < -0.39 is 0 Å². The summed E-state index contributed by atoms with van der Waals surface area (Å²) in [7, 11) is 2.19. The number of nitrogens with one attached hydrogen (secondary N) is 1. The molecule has 1 fully saturated rings. The monoisotopic (exact) mass is 252 g/mol. The Labute approximate surface area is 109 Å². The van der Waals surface area contributed by atoms with Crippen LogP contribution >= 0.6 is 11.6 Å². The van der Waals surface area contributed by atoms with Crippen molar-refractivity contribution >= 4 is 11.6 Å². The van der Waals surface area contributed by atoms with Crippen LogP contribution in [-0.2, 0) is 0 Å². The minimum Gasteiger partial charge on any atom is -0.306 e. The number of hydrogen-bond donors (Lipinski definition) is 1. The van der Waals surface area contributed by atoms with Crippen molar-refractivity contribution in [2.45, 2.75) is 38.4 Å². The Kier molecular flexibility index (Phi) is 4.08. The minimum atomic E-state index is 0.385. The van der Waals surface area contributed by atoms with Crippen LogP contribution < -0.4 is 5.32 Å². The average molecular weight is 253 g/mol. The lowest BCUT2D eigenvalue weighted by atomic mass is 10.1. The second-order valence-electron chi connectivity index (χ2n) is 5.16. The first-order valence-corrected chi connectivity index (χ1v) is 6.66. The largest absolute Gasteiger partial charge is 0.306 e. The van der Waals surface area contributed by atoms with Crippen molar-refractivity contribution in [1.82, 2.24) is 10.2 Å². The Morgan fingerprint density at radius 3 is 2.53 bits per heavy atom. The van der Waals surface area contributed by atoms with E-state index in [1.54, 1.807) is 0 Å². The predicted octanol–water partition coefficient (Wildman–Crippen LogP) is 3.08. The Balaban J connectivity index is 1.93. The quantitative estimate of drug-likeness (QED) is 0.890. The summed E-state index contributed by atoms with van der Waals surface area (Å²) in [6.45, 7) is 5.64. The highest BCUT2D eigenvalue weighted by Gasteiger charge is 2.26. The number of benzene rings is 1. The van der Waals surface area contributed by atoms with E-state index in [-0.39, 0.29) is 0 Å². The van der Waals surface area contributed by atoms with E-state index in [4.69, 9.17) is 11.6 Å². The number of likely N-dealkylation sites (N-methyl/N-ethyl adjacent to an activating group) is 1. The normalized spacial score (nSPS) is 27.3. The Hall–Kier alpha value is -0.570. The molecule has 0 aliphatic carbocycles. The zero-order chi connectivity index (χ0) is 12.4. The Morgan fingerprint density at radius 1 is 1.35 bits per heavy atom. The van der Waals surface area contributed by atoms with Gasteiger partial charge in [0.2, 0.25) is 0 Å². The molecule has 2 nitrogen and oxygen atoms in total. The number of halogens is 1. The molecule has 1 aromatic rings. The first-order chi connectivity index (χ1) is 8.06. The summed E-state index contributed by atoms with van der Waals surface area (Å²) < 4.78 is 0. The third kappa shape index (κ3) is 3.21. The molecule has 1 aromatic carbocycles. The summed E-state index contributed by atoms with van der Waals surface area (Å²) in [5.74, 6) is 0. The molecule has 2 unspecified atom stereocenters. The van der Waals surface area contributed by atoms with Gasteiger partial charge in [-0.15, -0.1) is 0 Å². The van der Waals surface area contributed by atoms with E-state index in [9.17, 15) is 0 Å².